The van der Waals surface area contributed by atoms with Crippen LogP contribution in [-0.4, -0.2) is 16.9 Å². The monoisotopic (exact) mass is 255 g/mol. The van der Waals surface area contributed by atoms with Gasteiger partial charge in [0.1, 0.15) is 17.6 Å². The maximum Gasteiger partial charge on any atom is 0.140 e. The number of hydrogen-bond donors (Lipinski definition) is 0. The standard InChI is InChI=1S/C15H14FN3/c1-19(10-12-3-2-4-14(16)7-12)11-13-5-6-18-15(8-13)9-17/h2-8H,10-11H2,1H3. The molecule has 19 heavy (non-hydrogen) atoms. The minimum absolute atomic E-state index is 0.221. The molecule has 1 aromatic carbocycles. The van der Waals surface area contributed by atoms with Crippen LogP contribution >= 0.6 is 0 Å². The lowest BCUT2D eigenvalue weighted by molar-refractivity contribution is 0.318. The summed E-state index contributed by atoms with van der Waals surface area (Å²) >= 11 is 0. The Labute approximate surface area is 111 Å². The summed E-state index contributed by atoms with van der Waals surface area (Å²) in [6.45, 7) is 1.34. The van der Waals surface area contributed by atoms with Crippen molar-refractivity contribution >= 4 is 0 Å². The molecule has 0 spiro atoms. The van der Waals surface area contributed by atoms with Gasteiger partial charge in [-0.2, -0.15) is 5.26 Å². The Kier molecular flexibility index (Phi) is 4.22. The topological polar surface area (TPSA) is 39.9 Å². The molecule has 0 fully saturated rings. The maximum atomic E-state index is 13.1. The molecule has 0 atom stereocenters. The molecule has 0 N–H and O–H groups in total. The molecule has 2 aromatic rings. The highest BCUT2D eigenvalue weighted by atomic mass is 19.1. The fourth-order valence-electron chi connectivity index (χ4n) is 1.95. The van der Waals surface area contributed by atoms with Crippen LogP contribution in [0, 0.1) is 17.1 Å². The molecule has 0 unspecified atom stereocenters. The second kappa shape index (κ2) is 6.07. The molecule has 0 radical (unpaired) electrons. The number of rotatable bonds is 4. The predicted molar refractivity (Wildman–Crippen MR) is 70.5 cm³/mol. The van der Waals surface area contributed by atoms with Crippen LogP contribution in [0.4, 0.5) is 4.39 Å². The molecule has 0 amide bonds. The highest BCUT2D eigenvalue weighted by molar-refractivity contribution is 5.25. The van der Waals surface area contributed by atoms with Crippen LogP contribution in [0.2, 0.25) is 0 Å². The van der Waals surface area contributed by atoms with E-state index >= 15 is 0 Å². The lowest BCUT2D eigenvalue weighted by Crippen LogP contribution is -2.17. The zero-order chi connectivity index (χ0) is 13.7. The molecular formula is C15H14FN3. The van der Waals surface area contributed by atoms with Crippen molar-refractivity contribution in [2.45, 2.75) is 13.1 Å². The summed E-state index contributed by atoms with van der Waals surface area (Å²) < 4.78 is 13.1. The molecule has 0 saturated heterocycles. The number of pyridine rings is 1. The number of aromatic nitrogens is 1. The second-order valence-electron chi connectivity index (χ2n) is 4.46. The molecular weight excluding hydrogens is 241 g/mol. The van der Waals surface area contributed by atoms with Gasteiger partial charge in [0.25, 0.3) is 0 Å². The molecule has 2 rings (SSSR count). The largest absolute Gasteiger partial charge is 0.298 e. The first-order valence-corrected chi connectivity index (χ1v) is 5.95. The minimum Gasteiger partial charge on any atom is -0.298 e. The number of nitriles is 1. The van der Waals surface area contributed by atoms with Crippen LogP contribution < -0.4 is 0 Å². The first-order chi connectivity index (χ1) is 9.17. The lowest BCUT2D eigenvalue weighted by atomic mass is 10.2. The third-order valence-corrected chi connectivity index (χ3v) is 2.73. The zero-order valence-electron chi connectivity index (χ0n) is 10.7. The Morgan fingerprint density at radius 2 is 1.95 bits per heavy atom. The van der Waals surface area contributed by atoms with E-state index in [4.69, 9.17) is 5.26 Å². The highest BCUT2D eigenvalue weighted by Crippen LogP contribution is 2.10. The lowest BCUT2D eigenvalue weighted by Gasteiger charge is -2.16. The van der Waals surface area contributed by atoms with Gasteiger partial charge in [-0.25, -0.2) is 9.37 Å². The van der Waals surface area contributed by atoms with E-state index in [0.717, 1.165) is 11.1 Å². The van der Waals surface area contributed by atoms with Gasteiger partial charge in [-0.05, 0) is 42.4 Å². The Hall–Kier alpha value is -2.25. The van der Waals surface area contributed by atoms with Crippen LogP contribution in [-0.2, 0) is 13.1 Å². The van der Waals surface area contributed by atoms with Gasteiger partial charge in [0.15, 0.2) is 0 Å². The van der Waals surface area contributed by atoms with Crippen molar-refractivity contribution in [1.82, 2.24) is 9.88 Å². The Morgan fingerprint density at radius 3 is 2.63 bits per heavy atom. The van der Waals surface area contributed by atoms with Crippen molar-refractivity contribution in [2.75, 3.05) is 7.05 Å². The van der Waals surface area contributed by atoms with Crippen LogP contribution in [0.15, 0.2) is 42.6 Å². The number of benzene rings is 1. The fourth-order valence-corrected chi connectivity index (χ4v) is 1.95. The van der Waals surface area contributed by atoms with E-state index in [0.29, 0.717) is 18.8 Å². The summed E-state index contributed by atoms with van der Waals surface area (Å²) in [6, 6.07) is 12.2. The molecule has 0 aliphatic rings. The van der Waals surface area contributed by atoms with Crippen molar-refractivity contribution in [2.24, 2.45) is 0 Å². The third kappa shape index (κ3) is 3.87. The Balaban J connectivity index is 2.01. The average Bonchev–Trinajstić information content (AvgIpc) is 2.38. The van der Waals surface area contributed by atoms with E-state index in [9.17, 15) is 4.39 Å². The zero-order valence-corrected chi connectivity index (χ0v) is 10.7. The summed E-state index contributed by atoms with van der Waals surface area (Å²) in [5, 5.41) is 8.79. The first-order valence-electron chi connectivity index (χ1n) is 5.95. The summed E-state index contributed by atoms with van der Waals surface area (Å²) in [5.41, 5.74) is 2.36. The summed E-state index contributed by atoms with van der Waals surface area (Å²) in [6.07, 6.45) is 1.63. The highest BCUT2D eigenvalue weighted by Gasteiger charge is 2.04. The summed E-state index contributed by atoms with van der Waals surface area (Å²) in [7, 11) is 1.96. The van der Waals surface area contributed by atoms with E-state index < -0.39 is 0 Å². The van der Waals surface area contributed by atoms with E-state index in [2.05, 4.69) is 9.88 Å². The van der Waals surface area contributed by atoms with Gasteiger partial charge < -0.3 is 0 Å². The summed E-state index contributed by atoms with van der Waals surface area (Å²) in [5.74, 6) is -0.221. The van der Waals surface area contributed by atoms with Gasteiger partial charge in [0.05, 0.1) is 0 Å². The van der Waals surface area contributed by atoms with Crippen LogP contribution in [0.25, 0.3) is 0 Å². The van der Waals surface area contributed by atoms with Gasteiger partial charge in [-0.3, -0.25) is 4.90 Å². The van der Waals surface area contributed by atoms with Crippen molar-refractivity contribution in [3.05, 3.63) is 65.2 Å². The molecule has 96 valence electrons. The Morgan fingerprint density at radius 1 is 1.21 bits per heavy atom. The van der Waals surface area contributed by atoms with Crippen molar-refractivity contribution < 1.29 is 4.39 Å². The van der Waals surface area contributed by atoms with Gasteiger partial charge in [-0.1, -0.05) is 12.1 Å². The molecule has 0 aliphatic carbocycles. The quantitative estimate of drug-likeness (QED) is 0.843. The normalized spacial score (nSPS) is 10.4. The molecule has 0 saturated carbocycles. The third-order valence-electron chi connectivity index (χ3n) is 2.73. The maximum absolute atomic E-state index is 13.1. The predicted octanol–water partition coefficient (Wildman–Crippen LogP) is 2.72. The van der Waals surface area contributed by atoms with Crippen molar-refractivity contribution in [3.8, 4) is 6.07 Å². The van der Waals surface area contributed by atoms with Gasteiger partial charge in [0.2, 0.25) is 0 Å². The van der Waals surface area contributed by atoms with Crippen molar-refractivity contribution in [3.63, 3.8) is 0 Å². The first kappa shape index (κ1) is 13.2. The van der Waals surface area contributed by atoms with Gasteiger partial charge >= 0.3 is 0 Å². The second-order valence-corrected chi connectivity index (χ2v) is 4.46. The van der Waals surface area contributed by atoms with E-state index in [1.807, 2.05) is 25.2 Å². The number of hydrogen-bond acceptors (Lipinski definition) is 3. The van der Waals surface area contributed by atoms with Gasteiger partial charge in [-0.15, -0.1) is 0 Å². The molecule has 4 heteroatoms. The Bertz CT molecular complexity index is 604. The molecule has 3 nitrogen and oxygen atoms in total. The summed E-state index contributed by atoms with van der Waals surface area (Å²) in [4.78, 5) is 5.99. The number of nitrogens with zero attached hydrogens (tertiary/aromatic N) is 3. The average molecular weight is 255 g/mol. The van der Waals surface area contributed by atoms with Crippen LogP contribution in [0.5, 0.6) is 0 Å². The smallest absolute Gasteiger partial charge is 0.140 e. The number of halogens is 1. The molecule has 0 bridgehead atoms. The van der Waals surface area contributed by atoms with Crippen LogP contribution in [0.1, 0.15) is 16.8 Å². The minimum atomic E-state index is -0.221. The molecule has 0 aliphatic heterocycles. The SMILES string of the molecule is CN(Cc1cccc(F)c1)Cc1ccnc(C#N)c1. The van der Waals surface area contributed by atoms with Crippen molar-refractivity contribution in [1.29, 1.82) is 5.26 Å². The fraction of sp³-hybridized carbons (Fsp3) is 0.200. The van der Waals surface area contributed by atoms with E-state index in [1.54, 1.807) is 18.3 Å². The molecule has 1 heterocycles. The van der Waals surface area contributed by atoms with E-state index in [-0.39, 0.29) is 5.82 Å². The van der Waals surface area contributed by atoms with E-state index in [1.165, 1.54) is 12.1 Å². The molecule has 1 aromatic heterocycles. The van der Waals surface area contributed by atoms with Crippen LogP contribution in [0.3, 0.4) is 0 Å². The van der Waals surface area contributed by atoms with Gasteiger partial charge in [0, 0.05) is 19.3 Å².